The normalized spacial score (nSPS) is 15.8. The smallest absolute Gasteiger partial charge is 0.415 e. The molecule has 7 heteroatoms. The van der Waals surface area contributed by atoms with Crippen molar-refractivity contribution in [2.24, 2.45) is 0 Å². The quantitative estimate of drug-likeness (QED) is 0.676. The maximum atomic E-state index is 12.8. The van der Waals surface area contributed by atoms with Crippen LogP contribution < -0.4 is 10.2 Å². The van der Waals surface area contributed by atoms with Gasteiger partial charge in [-0.1, -0.05) is 6.07 Å². The number of piperidine rings is 1. The van der Waals surface area contributed by atoms with E-state index < -0.39 is 16.6 Å². The number of rotatable bonds is 3. The number of benzene rings is 1. The van der Waals surface area contributed by atoms with E-state index >= 15 is 0 Å². The van der Waals surface area contributed by atoms with Crippen LogP contribution in [0.2, 0.25) is 0 Å². The highest BCUT2D eigenvalue weighted by Crippen LogP contribution is 2.33. The third kappa shape index (κ3) is 4.44. The second kappa shape index (κ2) is 7.17. The van der Waals surface area contributed by atoms with Crippen LogP contribution in [-0.2, 0) is 4.74 Å². The van der Waals surface area contributed by atoms with Gasteiger partial charge in [0, 0.05) is 12.1 Å². The second-order valence-electron chi connectivity index (χ2n) is 7.08. The summed E-state index contributed by atoms with van der Waals surface area (Å²) in [5.74, 6) is 0. The van der Waals surface area contributed by atoms with E-state index in [1.807, 2.05) is 0 Å². The van der Waals surface area contributed by atoms with Crippen LogP contribution in [0.3, 0.4) is 0 Å². The molecule has 2 rings (SSSR count). The summed E-state index contributed by atoms with van der Waals surface area (Å²) < 4.78 is 5.52. The zero-order valence-corrected chi connectivity index (χ0v) is 14.7. The topological polar surface area (TPSA) is 84.7 Å². The Morgan fingerprint density at radius 2 is 1.96 bits per heavy atom. The number of anilines is 1. The summed E-state index contributed by atoms with van der Waals surface area (Å²) in [4.78, 5) is 25.3. The standard InChI is InChI=1S/C17H25N3O4/c1-12-5-6-14(15(11-12)20(22)23)19(13-7-9-18-10-8-13)16(21)24-17(2,3)4/h5-6,11,13,18H,7-10H2,1-4H3. The molecule has 0 unspecified atom stereocenters. The summed E-state index contributed by atoms with van der Waals surface area (Å²) in [6.07, 6.45) is 0.913. The molecular formula is C17H25N3O4. The molecule has 132 valence electrons. The lowest BCUT2D eigenvalue weighted by Gasteiger charge is -2.35. The fourth-order valence-electron chi connectivity index (χ4n) is 2.80. The van der Waals surface area contributed by atoms with Crippen LogP contribution in [0.1, 0.15) is 39.2 Å². The second-order valence-corrected chi connectivity index (χ2v) is 7.08. The third-order valence-electron chi connectivity index (χ3n) is 3.85. The maximum absolute atomic E-state index is 12.8. The van der Waals surface area contributed by atoms with Crippen molar-refractivity contribution in [3.63, 3.8) is 0 Å². The Hall–Kier alpha value is -2.15. The van der Waals surface area contributed by atoms with Gasteiger partial charge in [0.05, 0.1) is 4.92 Å². The van der Waals surface area contributed by atoms with E-state index in [1.54, 1.807) is 39.8 Å². The highest BCUT2D eigenvalue weighted by Gasteiger charge is 2.34. The van der Waals surface area contributed by atoms with Gasteiger partial charge < -0.3 is 10.1 Å². The largest absolute Gasteiger partial charge is 0.443 e. The van der Waals surface area contributed by atoms with E-state index in [9.17, 15) is 14.9 Å². The molecule has 1 aromatic rings. The maximum Gasteiger partial charge on any atom is 0.415 e. The molecule has 0 aromatic heterocycles. The number of hydrogen-bond donors (Lipinski definition) is 1. The first-order valence-corrected chi connectivity index (χ1v) is 8.17. The minimum absolute atomic E-state index is 0.0700. The summed E-state index contributed by atoms with van der Waals surface area (Å²) in [5, 5.41) is 14.7. The Morgan fingerprint density at radius 1 is 1.33 bits per heavy atom. The van der Waals surface area contributed by atoms with E-state index in [4.69, 9.17) is 4.74 Å². The first kappa shape index (κ1) is 18.2. The zero-order valence-electron chi connectivity index (χ0n) is 14.7. The number of nitrogens with one attached hydrogen (secondary N) is 1. The number of carbonyl (C=O) groups excluding carboxylic acids is 1. The monoisotopic (exact) mass is 335 g/mol. The molecule has 0 bridgehead atoms. The van der Waals surface area contributed by atoms with Gasteiger partial charge in [-0.25, -0.2) is 4.79 Å². The van der Waals surface area contributed by atoms with Gasteiger partial charge in [-0.05, 0) is 65.3 Å². The van der Waals surface area contributed by atoms with Gasteiger partial charge >= 0.3 is 6.09 Å². The van der Waals surface area contributed by atoms with E-state index in [-0.39, 0.29) is 11.7 Å². The lowest BCUT2D eigenvalue weighted by atomic mass is 10.0. The Labute approximate surface area is 142 Å². The molecule has 1 fully saturated rings. The molecule has 1 heterocycles. The van der Waals surface area contributed by atoms with Crippen molar-refractivity contribution in [1.29, 1.82) is 0 Å². The Kier molecular flexibility index (Phi) is 5.43. The molecule has 1 saturated heterocycles. The highest BCUT2D eigenvalue weighted by atomic mass is 16.6. The van der Waals surface area contributed by atoms with Gasteiger partial charge in [-0.2, -0.15) is 0 Å². The molecule has 24 heavy (non-hydrogen) atoms. The average molecular weight is 335 g/mol. The predicted molar refractivity (Wildman–Crippen MR) is 92.4 cm³/mol. The number of hydrogen-bond acceptors (Lipinski definition) is 5. The van der Waals surface area contributed by atoms with Crippen LogP contribution in [0, 0.1) is 17.0 Å². The fourth-order valence-corrected chi connectivity index (χ4v) is 2.80. The Morgan fingerprint density at radius 3 is 2.50 bits per heavy atom. The Balaban J connectivity index is 2.45. The van der Waals surface area contributed by atoms with Crippen molar-refractivity contribution in [2.45, 2.75) is 52.2 Å². The number of carbonyl (C=O) groups is 1. The number of ether oxygens (including phenoxy) is 1. The summed E-state index contributed by atoms with van der Waals surface area (Å²) >= 11 is 0. The first-order chi connectivity index (χ1) is 11.2. The van der Waals surface area contributed by atoms with Crippen molar-refractivity contribution < 1.29 is 14.5 Å². The molecule has 1 aromatic carbocycles. The molecule has 0 saturated carbocycles. The van der Waals surface area contributed by atoms with Crippen molar-refractivity contribution in [1.82, 2.24) is 5.32 Å². The van der Waals surface area contributed by atoms with Gasteiger partial charge in [-0.15, -0.1) is 0 Å². The molecule has 0 aliphatic carbocycles. The summed E-state index contributed by atoms with van der Waals surface area (Å²) in [5.41, 5.74) is 0.341. The van der Waals surface area contributed by atoms with Crippen molar-refractivity contribution in [2.75, 3.05) is 18.0 Å². The molecule has 0 radical (unpaired) electrons. The number of aryl methyl sites for hydroxylation is 1. The predicted octanol–water partition coefficient (Wildman–Crippen LogP) is 3.40. The highest BCUT2D eigenvalue weighted by molar-refractivity contribution is 5.91. The molecule has 0 spiro atoms. The molecule has 1 N–H and O–H groups in total. The third-order valence-corrected chi connectivity index (χ3v) is 3.85. The van der Waals surface area contributed by atoms with E-state index in [0.29, 0.717) is 5.69 Å². The van der Waals surface area contributed by atoms with Gasteiger partial charge in [0.2, 0.25) is 0 Å². The van der Waals surface area contributed by atoms with Gasteiger partial charge in [-0.3, -0.25) is 15.0 Å². The number of nitro groups is 1. The molecule has 1 amide bonds. The van der Waals surface area contributed by atoms with Crippen LogP contribution in [-0.4, -0.2) is 35.7 Å². The number of nitro benzene ring substituents is 1. The number of amides is 1. The average Bonchev–Trinajstić information content (AvgIpc) is 2.48. The van der Waals surface area contributed by atoms with E-state index in [2.05, 4.69) is 5.32 Å². The molecule has 7 nitrogen and oxygen atoms in total. The van der Waals surface area contributed by atoms with Gasteiger partial charge in [0.15, 0.2) is 0 Å². The minimum atomic E-state index is -0.665. The molecule has 0 atom stereocenters. The van der Waals surface area contributed by atoms with Crippen molar-refractivity contribution in [3.05, 3.63) is 33.9 Å². The minimum Gasteiger partial charge on any atom is -0.443 e. The summed E-state index contributed by atoms with van der Waals surface area (Å²) in [7, 11) is 0. The van der Waals surface area contributed by atoms with Crippen molar-refractivity contribution in [3.8, 4) is 0 Å². The van der Waals surface area contributed by atoms with Crippen LogP contribution in [0.5, 0.6) is 0 Å². The zero-order chi connectivity index (χ0) is 17.9. The van der Waals surface area contributed by atoms with Crippen LogP contribution in [0.25, 0.3) is 0 Å². The van der Waals surface area contributed by atoms with Crippen LogP contribution in [0.15, 0.2) is 18.2 Å². The van der Waals surface area contributed by atoms with Crippen LogP contribution >= 0.6 is 0 Å². The fraction of sp³-hybridized carbons (Fsp3) is 0.588. The first-order valence-electron chi connectivity index (χ1n) is 8.17. The lowest BCUT2D eigenvalue weighted by molar-refractivity contribution is -0.384. The summed E-state index contributed by atoms with van der Waals surface area (Å²) in [6.45, 7) is 8.69. The molecular weight excluding hydrogens is 310 g/mol. The van der Waals surface area contributed by atoms with Crippen molar-refractivity contribution >= 4 is 17.5 Å². The van der Waals surface area contributed by atoms with Gasteiger partial charge in [0.1, 0.15) is 11.3 Å². The van der Waals surface area contributed by atoms with E-state index in [0.717, 1.165) is 31.5 Å². The lowest BCUT2D eigenvalue weighted by Crippen LogP contribution is -2.48. The summed E-state index contributed by atoms with van der Waals surface area (Å²) in [6, 6.07) is 4.79. The SMILES string of the molecule is Cc1ccc(N(C(=O)OC(C)(C)C)C2CCNCC2)c([N+](=O)[O-])c1. The molecule has 1 aliphatic rings. The van der Waals surface area contributed by atoms with Gasteiger partial charge in [0.25, 0.3) is 5.69 Å². The van der Waals surface area contributed by atoms with E-state index in [1.165, 1.54) is 11.0 Å². The number of nitrogens with zero attached hydrogens (tertiary/aromatic N) is 2. The van der Waals surface area contributed by atoms with Crippen LogP contribution in [0.4, 0.5) is 16.2 Å². The Bertz CT molecular complexity index is 619. The molecule has 1 aliphatic heterocycles.